The minimum atomic E-state index is -4.69. The molecule has 0 saturated heterocycles. The number of phosphoric ester groups is 1. The lowest BCUT2D eigenvalue weighted by atomic mass is 10.1. The first-order valence-corrected chi connectivity index (χ1v) is 26.6. The molecule has 0 aromatic carbocycles. The van der Waals surface area contributed by atoms with Crippen molar-refractivity contribution in [3.63, 3.8) is 0 Å². The second kappa shape index (κ2) is 42.6. The topological polar surface area (TPSA) is 114 Å². The standard InChI is InChI=1S/C52H95N2O7P/c1-7-10-13-16-19-22-25-26-27-30-33-36-39-42-45-52(56)61-50(43-40-37-34-31-28-23-20-17-14-11-8-2)49(48-60-62(57,58)59-47-46-54(4,5)6)53-51(55)44-41-38-35-32-29-24-21-18-15-12-9-3/h10,13,18-19,21-22,26-27,40,43,49-50H,7-9,11-12,14-17,20,23-25,28-39,41-42,44-48H2,1-6H3,(H-,53,55,57,58)/b13-10+,21-18-,22-19+,27-26+,43-40+. The molecule has 3 atom stereocenters. The summed E-state index contributed by atoms with van der Waals surface area (Å²) >= 11 is 0. The Balaban J connectivity index is 5.49. The smallest absolute Gasteiger partial charge is 0.306 e. The molecule has 62 heavy (non-hydrogen) atoms. The van der Waals surface area contributed by atoms with E-state index in [0.717, 1.165) is 109 Å². The molecule has 0 aliphatic carbocycles. The summed E-state index contributed by atoms with van der Waals surface area (Å²) < 4.78 is 30.0. The fourth-order valence-electron chi connectivity index (χ4n) is 6.75. The third-order valence-electron chi connectivity index (χ3n) is 10.7. The van der Waals surface area contributed by atoms with Crippen molar-refractivity contribution < 1.29 is 37.3 Å². The van der Waals surface area contributed by atoms with Crippen molar-refractivity contribution in [2.75, 3.05) is 40.9 Å². The summed E-state index contributed by atoms with van der Waals surface area (Å²) in [6.07, 6.45) is 50.5. The molecule has 0 aromatic rings. The number of nitrogens with zero attached hydrogens (tertiary/aromatic N) is 1. The third kappa shape index (κ3) is 43.0. The van der Waals surface area contributed by atoms with Gasteiger partial charge in [0.1, 0.15) is 19.3 Å². The average molecular weight is 891 g/mol. The Bertz CT molecular complexity index is 1260. The molecule has 0 bridgehead atoms. The molecule has 0 aliphatic rings. The highest BCUT2D eigenvalue weighted by molar-refractivity contribution is 7.45. The van der Waals surface area contributed by atoms with Crippen LogP contribution >= 0.6 is 7.82 Å². The Labute approximate surface area is 381 Å². The van der Waals surface area contributed by atoms with E-state index in [-0.39, 0.29) is 24.9 Å². The zero-order chi connectivity index (χ0) is 45.8. The summed E-state index contributed by atoms with van der Waals surface area (Å²) in [5, 5.41) is 2.99. The predicted octanol–water partition coefficient (Wildman–Crippen LogP) is 13.7. The summed E-state index contributed by atoms with van der Waals surface area (Å²) in [5.74, 6) is -0.584. The summed E-state index contributed by atoms with van der Waals surface area (Å²) in [4.78, 5) is 39.5. The molecule has 1 N–H and O–H groups in total. The largest absolute Gasteiger partial charge is 0.756 e. The van der Waals surface area contributed by atoms with Crippen LogP contribution in [0, 0.1) is 0 Å². The minimum absolute atomic E-state index is 0.0294. The quantitative estimate of drug-likeness (QED) is 0.0213. The van der Waals surface area contributed by atoms with E-state index >= 15 is 0 Å². The van der Waals surface area contributed by atoms with E-state index < -0.39 is 26.6 Å². The highest BCUT2D eigenvalue weighted by atomic mass is 31.2. The molecule has 9 nitrogen and oxygen atoms in total. The lowest BCUT2D eigenvalue weighted by Crippen LogP contribution is -2.47. The van der Waals surface area contributed by atoms with Crippen molar-refractivity contribution in [2.45, 2.75) is 219 Å². The normalized spacial score (nSPS) is 14.5. The maximum absolute atomic E-state index is 13.4. The Hall–Kier alpha value is -2.29. The van der Waals surface area contributed by atoms with Crippen molar-refractivity contribution in [1.82, 2.24) is 5.32 Å². The van der Waals surface area contributed by atoms with Crippen LogP contribution in [0.3, 0.4) is 0 Å². The first-order chi connectivity index (χ1) is 29.9. The Morgan fingerprint density at radius 2 is 1.05 bits per heavy atom. The molecule has 0 rings (SSSR count). The fraction of sp³-hybridized carbons (Fsp3) is 0.769. The van der Waals surface area contributed by atoms with Gasteiger partial charge in [-0.15, -0.1) is 0 Å². The van der Waals surface area contributed by atoms with Crippen molar-refractivity contribution in [1.29, 1.82) is 0 Å². The SMILES string of the molecule is CC/C=C/C/C=C/C/C=C/CCCCCCC(=O)OC(/C=C/CCCCCCCCCCC)C(COP(=O)([O-])OCC[N+](C)(C)C)NC(=O)CCCCCCC/C=C\CCCC. The number of carbonyl (C=O) groups is 2. The van der Waals surface area contributed by atoms with Crippen LogP contribution in [0.2, 0.25) is 0 Å². The van der Waals surface area contributed by atoms with E-state index in [2.05, 4.69) is 74.7 Å². The van der Waals surface area contributed by atoms with Gasteiger partial charge in [0.25, 0.3) is 7.82 Å². The van der Waals surface area contributed by atoms with Gasteiger partial charge in [0, 0.05) is 12.8 Å². The van der Waals surface area contributed by atoms with Crippen LogP contribution < -0.4 is 10.2 Å². The van der Waals surface area contributed by atoms with E-state index in [9.17, 15) is 19.0 Å². The van der Waals surface area contributed by atoms with Gasteiger partial charge in [0.2, 0.25) is 5.91 Å². The summed E-state index contributed by atoms with van der Waals surface area (Å²) in [5.41, 5.74) is 0. The molecule has 0 saturated carbocycles. The number of allylic oxidation sites excluding steroid dienone is 9. The Kier molecular flexibility index (Phi) is 41.1. The lowest BCUT2D eigenvalue weighted by Gasteiger charge is -2.30. The van der Waals surface area contributed by atoms with Gasteiger partial charge in [-0.25, -0.2) is 0 Å². The minimum Gasteiger partial charge on any atom is -0.756 e. The van der Waals surface area contributed by atoms with Crippen LogP contribution in [0.5, 0.6) is 0 Å². The Morgan fingerprint density at radius 1 is 0.581 bits per heavy atom. The average Bonchev–Trinajstić information content (AvgIpc) is 3.22. The van der Waals surface area contributed by atoms with Crippen LogP contribution in [0.4, 0.5) is 0 Å². The second-order valence-corrected chi connectivity index (χ2v) is 19.3. The van der Waals surface area contributed by atoms with Gasteiger partial charge in [0.05, 0.1) is 33.8 Å². The first kappa shape index (κ1) is 59.7. The van der Waals surface area contributed by atoms with Gasteiger partial charge in [0.15, 0.2) is 0 Å². The first-order valence-electron chi connectivity index (χ1n) is 25.1. The summed E-state index contributed by atoms with van der Waals surface area (Å²) in [6, 6.07) is -0.899. The zero-order valence-electron chi connectivity index (χ0n) is 40.8. The van der Waals surface area contributed by atoms with Gasteiger partial charge in [-0.2, -0.15) is 0 Å². The monoisotopic (exact) mass is 891 g/mol. The van der Waals surface area contributed by atoms with Crippen LogP contribution in [0.15, 0.2) is 60.8 Å². The van der Waals surface area contributed by atoms with E-state index in [1.165, 1.54) is 57.8 Å². The lowest BCUT2D eigenvalue weighted by molar-refractivity contribution is -0.870. The van der Waals surface area contributed by atoms with E-state index in [4.69, 9.17) is 13.8 Å². The van der Waals surface area contributed by atoms with Gasteiger partial charge in [-0.3, -0.25) is 14.2 Å². The number of hydrogen-bond donors (Lipinski definition) is 1. The number of rotatable bonds is 44. The van der Waals surface area contributed by atoms with Crippen molar-refractivity contribution in [3.05, 3.63) is 60.8 Å². The second-order valence-electron chi connectivity index (χ2n) is 17.9. The maximum atomic E-state index is 13.4. The van der Waals surface area contributed by atoms with Gasteiger partial charge in [-0.05, 0) is 83.1 Å². The summed E-state index contributed by atoms with van der Waals surface area (Å²) in [6.45, 7) is 6.63. The van der Waals surface area contributed by atoms with Crippen LogP contribution in [0.25, 0.3) is 0 Å². The van der Waals surface area contributed by atoms with Gasteiger partial charge >= 0.3 is 5.97 Å². The van der Waals surface area contributed by atoms with Crippen molar-refractivity contribution >= 4 is 19.7 Å². The molecule has 0 spiro atoms. The van der Waals surface area contributed by atoms with Crippen molar-refractivity contribution in [3.8, 4) is 0 Å². The molecular weight excluding hydrogens is 796 g/mol. The molecule has 0 aliphatic heterocycles. The van der Waals surface area contributed by atoms with E-state index in [1.54, 1.807) is 0 Å². The van der Waals surface area contributed by atoms with E-state index in [0.29, 0.717) is 23.9 Å². The number of unbranched alkanes of at least 4 members (excludes halogenated alkanes) is 20. The zero-order valence-corrected chi connectivity index (χ0v) is 41.7. The predicted molar refractivity (Wildman–Crippen MR) is 261 cm³/mol. The molecular formula is C52H95N2O7P. The van der Waals surface area contributed by atoms with Crippen LogP contribution in [-0.2, 0) is 27.9 Å². The number of phosphoric acid groups is 1. The molecule has 360 valence electrons. The molecule has 0 fully saturated rings. The number of ether oxygens (including phenoxy) is 1. The molecule has 0 radical (unpaired) electrons. The number of esters is 1. The molecule has 1 amide bonds. The van der Waals surface area contributed by atoms with Crippen LogP contribution in [0.1, 0.15) is 207 Å². The highest BCUT2D eigenvalue weighted by Crippen LogP contribution is 2.38. The number of likely N-dealkylation sites (N-methyl/N-ethyl adjacent to an activating group) is 1. The number of amides is 1. The van der Waals surface area contributed by atoms with Gasteiger partial charge < -0.3 is 28.5 Å². The molecule has 0 heterocycles. The fourth-order valence-corrected chi connectivity index (χ4v) is 7.47. The molecule has 3 unspecified atom stereocenters. The Morgan fingerprint density at radius 3 is 1.61 bits per heavy atom. The van der Waals surface area contributed by atoms with Gasteiger partial charge in [-0.1, -0.05) is 172 Å². The van der Waals surface area contributed by atoms with Crippen molar-refractivity contribution in [2.24, 2.45) is 0 Å². The molecule has 10 heteroatoms. The number of carbonyl (C=O) groups excluding carboxylic acids is 2. The maximum Gasteiger partial charge on any atom is 0.306 e. The van der Waals surface area contributed by atoms with Crippen LogP contribution in [-0.4, -0.2) is 69.4 Å². The third-order valence-corrected chi connectivity index (χ3v) is 11.6. The number of hydrogen-bond acceptors (Lipinski definition) is 7. The highest BCUT2D eigenvalue weighted by Gasteiger charge is 2.27. The number of quaternary nitrogens is 1. The summed E-state index contributed by atoms with van der Waals surface area (Å²) in [7, 11) is 1.16. The molecule has 0 aromatic heterocycles. The number of nitrogens with one attached hydrogen (secondary N) is 1. The van der Waals surface area contributed by atoms with E-state index in [1.807, 2.05) is 33.3 Å².